The highest BCUT2D eigenvalue weighted by molar-refractivity contribution is 6.21. The van der Waals surface area contributed by atoms with Gasteiger partial charge in [0.15, 0.2) is 0 Å². The SMILES string of the molecule is O=C1c2ccccc2C(=O)N1CCCn1cc(Cc2ccccc2)c2ccccc21. The number of aryl methyl sites for hydroxylation is 1. The summed E-state index contributed by atoms with van der Waals surface area (Å²) >= 11 is 0. The number of benzene rings is 3. The second-order valence-corrected chi connectivity index (χ2v) is 7.69. The number of rotatable bonds is 6. The molecule has 0 unspecified atom stereocenters. The molecule has 1 aliphatic rings. The van der Waals surface area contributed by atoms with Crippen LogP contribution in [0.5, 0.6) is 0 Å². The monoisotopic (exact) mass is 394 g/mol. The second kappa shape index (κ2) is 7.64. The Hall–Kier alpha value is -3.66. The van der Waals surface area contributed by atoms with Gasteiger partial charge in [-0.2, -0.15) is 0 Å². The molecule has 0 atom stereocenters. The van der Waals surface area contributed by atoms with E-state index in [1.165, 1.54) is 26.9 Å². The van der Waals surface area contributed by atoms with Crippen LogP contribution >= 0.6 is 0 Å². The highest BCUT2D eigenvalue weighted by Gasteiger charge is 2.34. The normalized spacial score (nSPS) is 13.3. The third kappa shape index (κ3) is 3.20. The molecule has 0 saturated heterocycles. The highest BCUT2D eigenvalue weighted by atomic mass is 16.2. The standard InChI is InChI=1S/C26H22N2O2/c29-25-22-12-4-5-13-23(22)26(30)28(25)16-8-15-27-18-20(17-19-9-2-1-3-10-19)21-11-6-7-14-24(21)27/h1-7,9-14,18H,8,15-17H2. The molecule has 4 aromatic rings. The summed E-state index contributed by atoms with van der Waals surface area (Å²) in [5.41, 5.74) is 4.79. The zero-order valence-corrected chi connectivity index (χ0v) is 16.6. The summed E-state index contributed by atoms with van der Waals surface area (Å²) < 4.78 is 2.24. The summed E-state index contributed by atoms with van der Waals surface area (Å²) in [6, 6.07) is 25.9. The van der Waals surface area contributed by atoms with E-state index in [4.69, 9.17) is 0 Å². The molecule has 30 heavy (non-hydrogen) atoms. The lowest BCUT2D eigenvalue weighted by Gasteiger charge is -2.14. The summed E-state index contributed by atoms with van der Waals surface area (Å²) in [5.74, 6) is -0.365. The molecule has 2 heterocycles. The third-order valence-electron chi connectivity index (χ3n) is 5.77. The molecule has 1 aromatic heterocycles. The van der Waals surface area contributed by atoms with Crippen molar-refractivity contribution in [3.8, 4) is 0 Å². The molecule has 1 aliphatic heterocycles. The van der Waals surface area contributed by atoms with E-state index in [0.29, 0.717) is 17.7 Å². The predicted molar refractivity (Wildman–Crippen MR) is 118 cm³/mol. The highest BCUT2D eigenvalue weighted by Crippen LogP contribution is 2.25. The first kappa shape index (κ1) is 18.4. The molecule has 0 radical (unpaired) electrons. The molecule has 0 saturated carbocycles. The summed E-state index contributed by atoms with van der Waals surface area (Å²) in [6.45, 7) is 1.18. The van der Waals surface area contributed by atoms with Gasteiger partial charge in [-0.25, -0.2) is 0 Å². The summed E-state index contributed by atoms with van der Waals surface area (Å²) in [5, 5.41) is 1.25. The second-order valence-electron chi connectivity index (χ2n) is 7.69. The number of aromatic nitrogens is 1. The maximum absolute atomic E-state index is 12.6. The first-order valence-electron chi connectivity index (χ1n) is 10.3. The largest absolute Gasteiger partial charge is 0.347 e. The third-order valence-corrected chi connectivity index (χ3v) is 5.77. The van der Waals surface area contributed by atoms with Gasteiger partial charge >= 0.3 is 0 Å². The first-order chi connectivity index (χ1) is 14.7. The fourth-order valence-electron chi connectivity index (χ4n) is 4.31. The number of hydrogen-bond acceptors (Lipinski definition) is 2. The number of para-hydroxylation sites is 1. The average molecular weight is 394 g/mol. The zero-order chi connectivity index (χ0) is 20.5. The Balaban J connectivity index is 1.33. The van der Waals surface area contributed by atoms with Crippen LogP contribution in [0, 0.1) is 0 Å². The summed E-state index contributed by atoms with van der Waals surface area (Å²) in [7, 11) is 0. The van der Waals surface area contributed by atoms with Crippen LogP contribution in [0.25, 0.3) is 10.9 Å². The van der Waals surface area contributed by atoms with Crippen LogP contribution in [0.2, 0.25) is 0 Å². The maximum Gasteiger partial charge on any atom is 0.261 e. The van der Waals surface area contributed by atoms with Gasteiger partial charge in [0, 0.05) is 30.2 Å². The van der Waals surface area contributed by atoms with Gasteiger partial charge < -0.3 is 4.57 Å². The topological polar surface area (TPSA) is 42.3 Å². The van der Waals surface area contributed by atoms with Crippen LogP contribution in [0.3, 0.4) is 0 Å². The van der Waals surface area contributed by atoms with Crippen LogP contribution < -0.4 is 0 Å². The van der Waals surface area contributed by atoms with Crippen molar-refractivity contribution >= 4 is 22.7 Å². The van der Waals surface area contributed by atoms with Crippen molar-refractivity contribution in [1.82, 2.24) is 9.47 Å². The lowest BCUT2D eigenvalue weighted by molar-refractivity contribution is 0.0651. The van der Waals surface area contributed by atoms with E-state index in [9.17, 15) is 9.59 Å². The number of amides is 2. The molecular formula is C26H22N2O2. The van der Waals surface area contributed by atoms with Crippen LogP contribution in [0.15, 0.2) is 85.1 Å². The fraction of sp³-hybridized carbons (Fsp3) is 0.154. The van der Waals surface area contributed by atoms with Crippen LogP contribution in [0.4, 0.5) is 0 Å². The molecule has 2 amide bonds. The van der Waals surface area contributed by atoms with E-state index in [-0.39, 0.29) is 11.8 Å². The van der Waals surface area contributed by atoms with Gasteiger partial charge in [-0.3, -0.25) is 14.5 Å². The van der Waals surface area contributed by atoms with Gasteiger partial charge in [-0.05, 0) is 42.2 Å². The minimum absolute atomic E-state index is 0.183. The van der Waals surface area contributed by atoms with Gasteiger partial charge in [0.1, 0.15) is 0 Å². The lowest BCUT2D eigenvalue weighted by atomic mass is 10.0. The van der Waals surface area contributed by atoms with Gasteiger partial charge in [0.2, 0.25) is 0 Å². The Morgan fingerprint density at radius 1 is 0.667 bits per heavy atom. The van der Waals surface area contributed by atoms with Crippen molar-refractivity contribution in [2.45, 2.75) is 19.4 Å². The van der Waals surface area contributed by atoms with E-state index in [2.05, 4.69) is 59.3 Å². The molecular weight excluding hydrogens is 372 g/mol. The number of fused-ring (bicyclic) bond motifs is 2. The Morgan fingerprint density at radius 2 is 1.30 bits per heavy atom. The minimum Gasteiger partial charge on any atom is -0.347 e. The number of carbonyl (C=O) groups is 2. The fourth-order valence-corrected chi connectivity index (χ4v) is 4.31. The van der Waals surface area contributed by atoms with E-state index in [1.54, 1.807) is 24.3 Å². The van der Waals surface area contributed by atoms with Gasteiger partial charge in [-0.15, -0.1) is 0 Å². The van der Waals surface area contributed by atoms with E-state index < -0.39 is 0 Å². The Kier molecular flexibility index (Phi) is 4.68. The molecule has 3 aromatic carbocycles. The van der Waals surface area contributed by atoms with Crippen molar-refractivity contribution in [2.75, 3.05) is 6.54 Å². The number of hydrogen-bond donors (Lipinski definition) is 0. The first-order valence-corrected chi connectivity index (χ1v) is 10.3. The van der Waals surface area contributed by atoms with Gasteiger partial charge in [0.25, 0.3) is 11.8 Å². The Labute approximate surface area is 175 Å². The maximum atomic E-state index is 12.6. The van der Waals surface area contributed by atoms with Gasteiger partial charge in [0.05, 0.1) is 11.1 Å². The Morgan fingerprint density at radius 3 is 2.03 bits per heavy atom. The predicted octanol–water partition coefficient (Wildman–Crippen LogP) is 4.92. The number of carbonyl (C=O) groups excluding carboxylic acids is 2. The molecule has 0 bridgehead atoms. The lowest BCUT2D eigenvalue weighted by Crippen LogP contribution is -2.31. The van der Waals surface area contributed by atoms with Crippen molar-refractivity contribution in [2.24, 2.45) is 0 Å². The molecule has 0 spiro atoms. The molecule has 4 heteroatoms. The van der Waals surface area contributed by atoms with Crippen LogP contribution in [0.1, 0.15) is 38.3 Å². The van der Waals surface area contributed by atoms with Crippen LogP contribution in [-0.2, 0) is 13.0 Å². The molecule has 0 N–H and O–H groups in total. The van der Waals surface area contributed by atoms with E-state index >= 15 is 0 Å². The average Bonchev–Trinajstić information content (AvgIpc) is 3.25. The quantitative estimate of drug-likeness (QED) is 0.436. The van der Waals surface area contributed by atoms with Crippen molar-refractivity contribution in [1.29, 1.82) is 0 Å². The molecule has 0 fully saturated rings. The van der Waals surface area contributed by atoms with E-state index in [1.807, 2.05) is 6.07 Å². The molecule has 148 valence electrons. The smallest absolute Gasteiger partial charge is 0.261 e. The summed E-state index contributed by atoms with van der Waals surface area (Å²) in [6.07, 6.45) is 3.81. The van der Waals surface area contributed by atoms with Crippen molar-refractivity contribution < 1.29 is 9.59 Å². The number of imide groups is 1. The zero-order valence-electron chi connectivity index (χ0n) is 16.6. The van der Waals surface area contributed by atoms with Crippen molar-refractivity contribution in [3.63, 3.8) is 0 Å². The molecule has 0 aliphatic carbocycles. The Bertz CT molecular complexity index is 1210. The summed E-state index contributed by atoms with van der Waals surface area (Å²) in [4.78, 5) is 26.5. The van der Waals surface area contributed by atoms with Gasteiger partial charge in [-0.1, -0.05) is 60.7 Å². The van der Waals surface area contributed by atoms with Crippen LogP contribution in [-0.4, -0.2) is 27.8 Å². The molecule has 4 nitrogen and oxygen atoms in total. The minimum atomic E-state index is -0.183. The number of nitrogens with zero attached hydrogens (tertiary/aromatic N) is 2. The van der Waals surface area contributed by atoms with Crippen molar-refractivity contribution in [3.05, 3.63) is 107 Å². The molecule has 5 rings (SSSR count). The van der Waals surface area contributed by atoms with E-state index in [0.717, 1.165) is 19.4 Å².